The van der Waals surface area contributed by atoms with E-state index in [1.165, 1.54) is 43.5 Å². The smallest absolute Gasteiger partial charge is 0.191 e. The maximum Gasteiger partial charge on any atom is 0.191 e. The minimum absolute atomic E-state index is 0. The molecule has 9 heteroatoms. The third kappa shape index (κ3) is 8.67. The van der Waals surface area contributed by atoms with Gasteiger partial charge in [-0.1, -0.05) is 30.7 Å². The molecule has 2 N–H and O–H groups in total. The van der Waals surface area contributed by atoms with Crippen LogP contribution < -0.4 is 10.6 Å². The topological polar surface area (TPSA) is 79.6 Å². The van der Waals surface area contributed by atoms with Gasteiger partial charge in [0.25, 0.3) is 0 Å². The van der Waals surface area contributed by atoms with E-state index >= 15 is 0 Å². The summed E-state index contributed by atoms with van der Waals surface area (Å²) in [5.74, 6) is 2.55. The highest BCUT2D eigenvalue weighted by Crippen LogP contribution is 2.14. The van der Waals surface area contributed by atoms with E-state index in [0.29, 0.717) is 13.1 Å². The van der Waals surface area contributed by atoms with E-state index in [2.05, 4.69) is 50.0 Å². The molecule has 1 fully saturated rings. The fraction of sp³-hybridized carbons (Fsp3) is 0.609. The van der Waals surface area contributed by atoms with Crippen molar-refractivity contribution in [3.05, 3.63) is 47.0 Å². The van der Waals surface area contributed by atoms with Crippen LogP contribution in [0.2, 0.25) is 0 Å². The van der Waals surface area contributed by atoms with Crippen molar-refractivity contribution in [3.63, 3.8) is 0 Å². The Bertz CT molecular complexity index is 816. The van der Waals surface area contributed by atoms with Gasteiger partial charge in [-0.3, -0.25) is 4.90 Å². The Labute approximate surface area is 209 Å². The molecule has 32 heavy (non-hydrogen) atoms. The molecule has 0 spiro atoms. The van der Waals surface area contributed by atoms with Crippen LogP contribution in [0.15, 0.2) is 29.3 Å². The molecule has 0 atom stereocenters. The first kappa shape index (κ1) is 26.5. The molecule has 1 aromatic carbocycles. The molecule has 1 aliphatic heterocycles. The van der Waals surface area contributed by atoms with Gasteiger partial charge in [-0.2, -0.15) is 0 Å². The standard InChI is InChI=1S/C23H37N7O.HI/c1-19-27-28-22(29(19)2)17-26-23(24-12-7-15-31-3)25-16-20-8-10-21(11-9-20)18-30-13-5-4-6-14-30;/h8-11H,4-7,12-18H2,1-3H3,(H2,24,25,26);1H. The third-order valence-corrected chi connectivity index (χ3v) is 5.71. The summed E-state index contributed by atoms with van der Waals surface area (Å²) in [5.41, 5.74) is 2.58. The zero-order chi connectivity index (χ0) is 21.9. The molecular weight excluding hydrogens is 517 g/mol. The summed E-state index contributed by atoms with van der Waals surface area (Å²) in [6.45, 7) is 8.16. The van der Waals surface area contributed by atoms with E-state index in [-0.39, 0.29) is 24.0 Å². The van der Waals surface area contributed by atoms with Crippen LogP contribution in [0.4, 0.5) is 0 Å². The summed E-state index contributed by atoms with van der Waals surface area (Å²) in [5, 5.41) is 15.1. The van der Waals surface area contributed by atoms with Crippen molar-refractivity contribution in [3.8, 4) is 0 Å². The number of methoxy groups -OCH3 is 1. The largest absolute Gasteiger partial charge is 0.385 e. The average Bonchev–Trinajstić information content (AvgIpc) is 3.12. The third-order valence-electron chi connectivity index (χ3n) is 5.71. The van der Waals surface area contributed by atoms with E-state index in [4.69, 9.17) is 9.73 Å². The van der Waals surface area contributed by atoms with Gasteiger partial charge in [0.05, 0.1) is 13.1 Å². The highest BCUT2D eigenvalue weighted by Gasteiger charge is 2.10. The number of benzene rings is 1. The van der Waals surface area contributed by atoms with Gasteiger partial charge in [0.1, 0.15) is 5.82 Å². The number of rotatable bonds is 10. The lowest BCUT2D eigenvalue weighted by Crippen LogP contribution is -2.38. The lowest BCUT2D eigenvalue weighted by molar-refractivity contribution is 0.195. The van der Waals surface area contributed by atoms with Gasteiger partial charge in [-0.15, -0.1) is 34.2 Å². The Kier molecular flexibility index (Phi) is 12.0. The summed E-state index contributed by atoms with van der Waals surface area (Å²) >= 11 is 0. The van der Waals surface area contributed by atoms with E-state index in [0.717, 1.165) is 43.7 Å². The Hall–Kier alpha value is -1.72. The number of hydrogen-bond acceptors (Lipinski definition) is 5. The molecule has 0 saturated carbocycles. The first-order valence-electron chi connectivity index (χ1n) is 11.3. The highest BCUT2D eigenvalue weighted by molar-refractivity contribution is 14.0. The maximum absolute atomic E-state index is 5.14. The second kappa shape index (κ2) is 14.4. The number of aromatic nitrogens is 3. The van der Waals surface area contributed by atoms with E-state index < -0.39 is 0 Å². The summed E-state index contributed by atoms with van der Waals surface area (Å²) in [6.07, 6.45) is 4.95. The summed E-state index contributed by atoms with van der Waals surface area (Å²) in [7, 11) is 3.69. The quantitative estimate of drug-likeness (QED) is 0.203. The molecule has 1 aliphatic rings. The molecule has 1 saturated heterocycles. The number of nitrogens with zero attached hydrogens (tertiary/aromatic N) is 5. The van der Waals surface area contributed by atoms with Gasteiger partial charge in [0, 0.05) is 33.9 Å². The minimum Gasteiger partial charge on any atom is -0.385 e. The Morgan fingerprint density at radius 1 is 1.06 bits per heavy atom. The zero-order valence-corrected chi connectivity index (χ0v) is 22.0. The van der Waals surface area contributed by atoms with Crippen LogP contribution in [0.1, 0.15) is 48.5 Å². The summed E-state index contributed by atoms with van der Waals surface area (Å²) in [6, 6.07) is 8.86. The Morgan fingerprint density at radius 2 is 1.78 bits per heavy atom. The van der Waals surface area contributed by atoms with Crippen molar-refractivity contribution in [2.45, 2.75) is 52.2 Å². The minimum atomic E-state index is 0. The molecule has 2 aromatic rings. The second-order valence-electron chi connectivity index (χ2n) is 8.17. The predicted octanol–water partition coefficient (Wildman–Crippen LogP) is 3.00. The molecule has 0 radical (unpaired) electrons. The van der Waals surface area contributed by atoms with Crippen molar-refractivity contribution in [2.24, 2.45) is 12.0 Å². The Balaban J connectivity index is 0.00000363. The van der Waals surface area contributed by atoms with Crippen molar-refractivity contribution in [2.75, 3.05) is 33.4 Å². The second-order valence-corrected chi connectivity index (χ2v) is 8.17. The van der Waals surface area contributed by atoms with E-state index in [1.807, 2.05) is 18.5 Å². The molecule has 2 heterocycles. The SMILES string of the molecule is COCCCNC(=NCc1ccc(CN2CCCCC2)cc1)NCc1nnc(C)n1C.I. The monoisotopic (exact) mass is 555 g/mol. The van der Waals surface area contributed by atoms with Crippen molar-refractivity contribution >= 4 is 29.9 Å². The number of ether oxygens (including phenoxy) is 1. The number of halogens is 1. The normalized spacial score (nSPS) is 14.8. The van der Waals surface area contributed by atoms with Crippen LogP contribution >= 0.6 is 24.0 Å². The van der Waals surface area contributed by atoms with Gasteiger partial charge < -0.3 is 19.9 Å². The number of hydrogen-bond donors (Lipinski definition) is 2. The van der Waals surface area contributed by atoms with Crippen LogP contribution in [-0.2, 0) is 31.4 Å². The predicted molar refractivity (Wildman–Crippen MR) is 139 cm³/mol. The molecule has 1 aromatic heterocycles. The number of piperidine rings is 1. The lowest BCUT2D eigenvalue weighted by atomic mass is 10.1. The number of nitrogens with one attached hydrogen (secondary N) is 2. The molecule has 178 valence electrons. The zero-order valence-electron chi connectivity index (χ0n) is 19.6. The molecule has 3 rings (SSSR count). The van der Waals surface area contributed by atoms with Crippen molar-refractivity contribution in [1.29, 1.82) is 0 Å². The van der Waals surface area contributed by atoms with Gasteiger partial charge in [-0.25, -0.2) is 4.99 Å². The van der Waals surface area contributed by atoms with Gasteiger partial charge in [0.15, 0.2) is 11.8 Å². The number of aryl methyl sites for hydroxylation is 1. The first-order valence-corrected chi connectivity index (χ1v) is 11.3. The first-order chi connectivity index (χ1) is 15.2. The van der Waals surface area contributed by atoms with Crippen LogP contribution in [0.25, 0.3) is 0 Å². The molecule has 8 nitrogen and oxygen atoms in total. The lowest BCUT2D eigenvalue weighted by Gasteiger charge is -2.26. The Morgan fingerprint density at radius 3 is 2.44 bits per heavy atom. The van der Waals surface area contributed by atoms with Gasteiger partial charge >= 0.3 is 0 Å². The fourth-order valence-corrected chi connectivity index (χ4v) is 3.66. The van der Waals surface area contributed by atoms with Gasteiger partial charge in [0.2, 0.25) is 0 Å². The number of likely N-dealkylation sites (tertiary alicyclic amines) is 1. The van der Waals surface area contributed by atoms with Crippen LogP contribution in [0.5, 0.6) is 0 Å². The van der Waals surface area contributed by atoms with Crippen molar-refractivity contribution < 1.29 is 4.74 Å². The van der Waals surface area contributed by atoms with Gasteiger partial charge in [-0.05, 0) is 50.4 Å². The summed E-state index contributed by atoms with van der Waals surface area (Å²) < 4.78 is 7.12. The highest BCUT2D eigenvalue weighted by atomic mass is 127. The molecule has 0 unspecified atom stereocenters. The molecular formula is C23H38IN7O. The van der Waals surface area contributed by atoms with Crippen LogP contribution in [-0.4, -0.2) is 59.0 Å². The molecule has 0 aliphatic carbocycles. The molecule has 0 amide bonds. The average molecular weight is 556 g/mol. The number of guanidine groups is 1. The van der Waals surface area contributed by atoms with Crippen LogP contribution in [0.3, 0.4) is 0 Å². The maximum atomic E-state index is 5.14. The van der Waals surface area contributed by atoms with E-state index in [1.54, 1.807) is 7.11 Å². The van der Waals surface area contributed by atoms with Crippen LogP contribution in [0, 0.1) is 6.92 Å². The van der Waals surface area contributed by atoms with E-state index in [9.17, 15) is 0 Å². The number of aliphatic imine (C=N–C) groups is 1. The summed E-state index contributed by atoms with van der Waals surface area (Å²) in [4.78, 5) is 7.33. The van der Waals surface area contributed by atoms with Crippen molar-refractivity contribution in [1.82, 2.24) is 30.3 Å². The fourth-order valence-electron chi connectivity index (χ4n) is 3.66. The molecule has 0 bridgehead atoms.